The summed E-state index contributed by atoms with van der Waals surface area (Å²) < 4.78 is 84.3. The average Bonchev–Trinajstić information content (AvgIpc) is 3.49. The molecule has 6 rings (SSSR count). The first-order valence-electron chi connectivity index (χ1n) is 17.5. The smallest absolute Gasteiger partial charge is 0.0833 e. The number of fused-ring (bicyclic) bond motifs is 1. The van der Waals surface area contributed by atoms with Gasteiger partial charge >= 0.3 is 0 Å². The minimum atomic E-state index is -0.510. The van der Waals surface area contributed by atoms with Crippen LogP contribution >= 0.6 is 34.5 Å². The van der Waals surface area contributed by atoms with Crippen molar-refractivity contribution in [1.82, 2.24) is 0 Å². The van der Waals surface area contributed by atoms with E-state index in [0.29, 0.717) is 28.0 Å². The van der Waals surface area contributed by atoms with E-state index in [1.807, 2.05) is 40.6 Å². The lowest BCUT2D eigenvalue weighted by Crippen LogP contribution is -2.13. The van der Waals surface area contributed by atoms with E-state index in [1.165, 1.54) is 17.4 Å². The van der Waals surface area contributed by atoms with Crippen LogP contribution in [0.2, 0.25) is 10.0 Å². The summed E-state index contributed by atoms with van der Waals surface area (Å²) in [5, 5.41) is 2.86. The van der Waals surface area contributed by atoms with E-state index in [4.69, 9.17) is 36.9 Å². The summed E-state index contributed by atoms with van der Waals surface area (Å²) in [6.07, 6.45) is 0. The molecule has 40 heavy (non-hydrogen) atoms. The molecule has 0 radical (unpaired) electrons. The third-order valence-electron chi connectivity index (χ3n) is 6.61. The van der Waals surface area contributed by atoms with E-state index >= 15 is 0 Å². The molecule has 0 spiro atoms. The van der Waals surface area contributed by atoms with Crippen molar-refractivity contribution in [3.8, 4) is 22.3 Å². The molecule has 0 aliphatic heterocycles. The molecular weight excluding hydrogens is 549 g/mol. The van der Waals surface area contributed by atoms with E-state index in [0.717, 1.165) is 10.3 Å². The Kier molecular flexibility index (Phi) is 4.66. The molecule has 0 saturated carbocycles. The number of halogens is 2. The number of anilines is 3. The van der Waals surface area contributed by atoms with Crippen LogP contribution in [-0.2, 0) is 5.41 Å². The Morgan fingerprint density at radius 1 is 0.675 bits per heavy atom. The lowest BCUT2D eigenvalue weighted by Gasteiger charge is -2.28. The highest BCUT2D eigenvalue weighted by Crippen LogP contribution is 2.48. The largest absolute Gasteiger partial charge is 0.307 e. The summed E-state index contributed by atoms with van der Waals surface area (Å²) in [6, 6.07) is 12.1. The minimum absolute atomic E-state index is 0.0301. The van der Waals surface area contributed by atoms with Crippen LogP contribution in [0.4, 0.5) is 17.1 Å². The van der Waals surface area contributed by atoms with E-state index in [-0.39, 0.29) is 56.3 Å². The third kappa shape index (κ3) is 5.15. The van der Waals surface area contributed by atoms with Crippen molar-refractivity contribution in [1.29, 1.82) is 0 Å². The van der Waals surface area contributed by atoms with Crippen molar-refractivity contribution in [2.45, 2.75) is 26.2 Å². The zero-order chi connectivity index (χ0) is 36.6. The van der Waals surface area contributed by atoms with Gasteiger partial charge in [0.2, 0.25) is 0 Å². The number of thiophene rings is 1. The summed E-state index contributed by atoms with van der Waals surface area (Å²) in [5.74, 6) is 0. The molecule has 1 aromatic heterocycles. The second-order valence-electron chi connectivity index (χ2n) is 10.3. The molecule has 1 nitrogen and oxygen atoms in total. The summed E-state index contributed by atoms with van der Waals surface area (Å²) >= 11 is 15.2. The first-order valence-corrected chi connectivity index (χ1v) is 14.1. The van der Waals surface area contributed by atoms with Crippen LogP contribution in [0.5, 0.6) is 0 Å². The normalized spacial score (nSPS) is 15.1. The highest BCUT2D eigenvalue weighted by atomic mass is 35.5. The molecule has 0 bridgehead atoms. The molecule has 198 valence electrons. The fraction of sp³-hybridized carbons (Fsp3) is 0.111. The summed E-state index contributed by atoms with van der Waals surface area (Å²) in [4.78, 5) is 1.87. The van der Waals surface area contributed by atoms with Gasteiger partial charge in [0, 0.05) is 21.2 Å². The molecular formula is C36H29Cl2NS. The van der Waals surface area contributed by atoms with Gasteiger partial charge in [0.1, 0.15) is 0 Å². The predicted molar refractivity (Wildman–Crippen MR) is 176 cm³/mol. The molecule has 4 heteroatoms. The Morgan fingerprint density at radius 3 is 1.93 bits per heavy atom. The van der Waals surface area contributed by atoms with Gasteiger partial charge < -0.3 is 4.90 Å². The number of rotatable bonds is 5. The van der Waals surface area contributed by atoms with Gasteiger partial charge in [0.25, 0.3) is 0 Å². The van der Waals surface area contributed by atoms with Crippen LogP contribution < -0.4 is 4.90 Å². The summed E-state index contributed by atoms with van der Waals surface area (Å²) in [7, 11) is 0. The molecule has 5 aromatic carbocycles. The standard InChI is InChI=1S/C36H29Cl2NS/c1-36(2,3)28-15-17-29(18-16-28)39(32-22-27(21-31(37)35(32)38)25-12-8-5-9-13-25)33-23-40-34-19-14-26(20-30(33)34)24-10-6-4-7-11-24/h4-23H,1-3H3/i4D,5D,6D,7D,8D,9D,10D,11D,12D,13D. The Hall–Kier alpha value is -3.56. The maximum Gasteiger partial charge on any atom is 0.0833 e. The molecule has 0 aliphatic carbocycles. The highest BCUT2D eigenvalue weighted by Gasteiger charge is 2.23. The topological polar surface area (TPSA) is 3.24 Å². The van der Waals surface area contributed by atoms with E-state index in [2.05, 4.69) is 20.8 Å². The number of hydrogen-bond acceptors (Lipinski definition) is 2. The van der Waals surface area contributed by atoms with E-state index in [9.17, 15) is 0 Å². The molecule has 1 heterocycles. The van der Waals surface area contributed by atoms with Gasteiger partial charge in [-0.15, -0.1) is 11.3 Å². The van der Waals surface area contributed by atoms with Crippen molar-refractivity contribution < 1.29 is 13.7 Å². The van der Waals surface area contributed by atoms with Crippen molar-refractivity contribution in [3.63, 3.8) is 0 Å². The fourth-order valence-electron chi connectivity index (χ4n) is 4.53. The van der Waals surface area contributed by atoms with Crippen LogP contribution in [0, 0.1) is 0 Å². The maximum atomic E-state index is 8.62. The lowest BCUT2D eigenvalue weighted by molar-refractivity contribution is 0.590. The zero-order valence-corrected chi connectivity index (χ0v) is 24.2. The van der Waals surface area contributed by atoms with Crippen LogP contribution in [-0.4, -0.2) is 0 Å². The van der Waals surface area contributed by atoms with E-state index < -0.39 is 36.3 Å². The number of nitrogens with zero attached hydrogens (tertiary/aromatic N) is 1. The Bertz CT molecular complexity index is 2290. The Balaban J connectivity index is 1.65. The second kappa shape index (κ2) is 10.8. The highest BCUT2D eigenvalue weighted by molar-refractivity contribution is 7.17. The van der Waals surface area contributed by atoms with Gasteiger partial charge in [-0.3, -0.25) is 0 Å². The van der Waals surface area contributed by atoms with Crippen LogP contribution in [0.25, 0.3) is 32.3 Å². The first-order chi connectivity index (χ1) is 23.4. The van der Waals surface area contributed by atoms with E-state index in [1.54, 1.807) is 18.2 Å². The monoisotopic (exact) mass is 587 g/mol. The molecule has 0 N–H and O–H groups in total. The Morgan fingerprint density at radius 2 is 1.30 bits per heavy atom. The lowest BCUT2D eigenvalue weighted by atomic mass is 9.87. The minimum Gasteiger partial charge on any atom is -0.307 e. The van der Waals surface area contributed by atoms with Gasteiger partial charge in [-0.05, 0) is 69.6 Å². The molecule has 0 aliphatic rings. The molecule has 0 amide bonds. The van der Waals surface area contributed by atoms with Crippen molar-refractivity contribution >= 4 is 61.7 Å². The molecule has 0 fully saturated rings. The summed E-state index contributed by atoms with van der Waals surface area (Å²) in [6.45, 7) is 6.31. The average molecular weight is 589 g/mol. The van der Waals surface area contributed by atoms with Gasteiger partial charge in [0.15, 0.2) is 0 Å². The van der Waals surface area contributed by atoms with Crippen LogP contribution in [0.3, 0.4) is 0 Å². The van der Waals surface area contributed by atoms with Crippen molar-refractivity contribution in [2.75, 3.05) is 4.90 Å². The van der Waals surface area contributed by atoms with Crippen LogP contribution in [0.1, 0.15) is 40.0 Å². The fourth-order valence-corrected chi connectivity index (χ4v) is 5.85. The molecule has 6 aromatic rings. The van der Waals surface area contributed by atoms with Gasteiger partial charge in [-0.25, -0.2) is 0 Å². The quantitative estimate of drug-likeness (QED) is 0.194. The predicted octanol–water partition coefficient (Wildman–Crippen LogP) is 12.3. The molecule has 0 unspecified atom stereocenters. The first kappa shape index (κ1) is 17.3. The van der Waals surface area contributed by atoms with Gasteiger partial charge in [-0.1, -0.05) is 123 Å². The second-order valence-corrected chi connectivity index (χ2v) is 12.0. The van der Waals surface area contributed by atoms with Gasteiger partial charge in [0.05, 0.1) is 35.1 Å². The SMILES string of the molecule is [2H]c1c([2H])c([2H])c(-c2cc(Cl)c(Cl)c(N(c3ccc(C(C)(C)C)cc3)c3csc4ccc(-c5c([2H])c([2H])c([2H])c([2H])c5[2H])cc34)c2)c([2H])c1[2H]. The third-order valence-corrected chi connectivity index (χ3v) is 8.36. The summed E-state index contributed by atoms with van der Waals surface area (Å²) in [5.41, 5.74) is 3.36. The van der Waals surface area contributed by atoms with Crippen LogP contribution in [0.15, 0.2) is 120 Å². The van der Waals surface area contributed by atoms with Gasteiger partial charge in [-0.2, -0.15) is 0 Å². The Labute approximate surface area is 264 Å². The molecule has 0 saturated heterocycles. The maximum absolute atomic E-state index is 8.62. The molecule has 0 atom stereocenters. The van der Waals surface area contributed by atoms with Crippen molar-refractivity contribution in [2.24, 2.45) is 0 Å². The zero-order valence-electron chi connectivity index (χ0n) is 31.9. The van der Waals surface area contributed by atoms with Crippen molar-refractivity contribution in [3.05, 3.63) is 136 Å². The number of benzene rings is 5. The number of hydrogen-bond donors (Lipinski definition) is 0.